The molecule has 1 N–H and O–H groups in total. The lowest BCUT2D eigenvalue weighted by Gasteiger charge is -2.07. The smallest absolute Gasteiger partial charge is 0.413 e. The molecule has 8 heteroatoms. The fourth-order valence-electron chi connectivity index (χ4n) is 1.18. The highest BCUT2D eigenvalue weighted by molar-refractivity contribution is 9.10. The Kier molecular flexibility index (Phi) is 6.10. The van der Waals surface area contributed by atoms with Crippen LogP contribution in [-0.4, -0.2) is 31.2 Å². The van der Waals surface area contributed by atoms with E-state index in [9.17, 15) is 18.8 Å². The fraction of sp³-hybridized carbons (Fsp3) is 0.250. The van der Waals surface area contributed by atoms with Crippen LogP contribution < -0.4 is 5.32 Å². The molecule has 20 heavy (non-hydrogen) atoms. The summed E-state index contributed by atoms with van der Waals surface area (Å²) in [7, 11) is 0. The van der Waals surface area contributed by atoms with Gasteiger partial charge in [0.25, 0.3) is 5.91 Å². The number of ether oxygens (including phenoxy) is 2. The second kappa shape index (κ2) is 7.59. The molecule has 0 fully saturated rings. The maximum atomic E-state index is 12.8. The molecule has 0 saturated heterocycles. The second-order valence-corrected chi connectivity index (χ2v) is 4.32. The third-order valence-corrected chi connectivity index (χ3v) is 2.66. The Morgan fingerprint density at radius 1 is 1.30 bits per heavy atom. The van der Waals surface area contributed by atoms with Crippen LogP contribution in [0.4, 0.5) is 9.18 Å². The van der Waals surface area contributed by atoms with Gasteiger partial charge in [0.05, 0.1) is 12.2 Å². The van der Waals surface area contributed by atoms with Gasteiger partial charge in [0.2, 0.25) is 0 Å². The van der Waals surface area contributed by atoms with Gasteiger partial charge < -0.3 is 9.47 Å². The number of amides is 2. The molecule has 108 valence electrons. The van der Waals surface area contributed by atoms with E-state index in [-0.39, 0.29) is 16.6 Å². The molecule has 0 aliphatic carbocycles. The van der Waals surface area contributed by atoms with Gasteiger partial charge in [0, 0.05) is 4.47 Å². The Morgan fingerprint density at radius 3 is 2.60 bits per heavy atom. The Bertz CT molecular complexity index is 535. The lowest BCUT2D eigenvalue weighted by atomic mass is 10.2. The van der Waals surface area contributed by atoms with E-state index < -0.39 is 30.4 Å². The quantitative estimate of drug-likeness (QED) is 0.842. The van der Waals surface area contributed by atoms with E-state index in [1.54, 1.807) is 6.92 Å². The van der Waals surface area contributed by atoms with Crippen LogP contribution in [0.5, 0.6) is 0 Å². The average Bonchev–Trinajstić information content (AvgIpc) is 2.36. The predicted molar refractivity (Wildman–Crippen MR) is 69.5 cm³/mol. The van der Waals surface area contributed by atoms with Crippen molar-refractivity contribution < 1.29 is 28.2 Å². The Hall–Kier alpha value is -1.96. The number of imide groups is 1. The van der Waals surface area contributed by atoms with Gasteiger partial charge in [-0.15, -0.1) is 0 Å². The largest absolute Gasteiger partial charge is 0.452 e. The fourth-order valence-corrected chi connectivity index (χ4v) is 1.69. The number of halogens is 2. The van der Waals surface area contributed by atoms with Crippen LogP contribution in [-0.2, 0) is 14.3 Å². The minimum Gasteiger partial charge on any atom is -0.452 e. The summed E-state index contributed by atoms with van der Waals surface area (Å²) in [5.41, 5.74) is 0.0651. The van der Waals surface area contributed by atoms with Crippen molar-refractivity contribution in [3.8, 4) is 0 Å². The van der Waals surface area contributed by atoms with Crippen molar-refractivity contribution in [1.29, 1.82) is 0 Å². The number of hydrogen-bond acceptors (Lipinski definition) is 5. The molecule has 0 aromatic heterocycles. The van der Waals surface area contributed by atoms with E-state index in [1.807, 2.05) is 5.32 Å². The first-order valence-corrected chi connectivity index (χ1v) is 6.32. The zero-order valence-corrected chi connectivity index (χ0v) is 12.0. The Balaban J connectivity index is 2.51. The number of hydrogen-bond donors (Lipinski definition) is 1. The number of esters is 1. The van der Waals surface area contributed by atoms with Crippen molar-refractivity contribution in [2.24, 2.45) is 0 Å². The standard InChI is InChI=1S/C12H11BrFNO5/c1-2-19-12(18)15-10(16)6-20-11(17)8-4-3-7(14)5-9(8)13/h3-5H,2,6H2,1H3,(H,15,16,18). The molecule has 0 saturated carbocycles. The zero-order valence-electron chi connectivity index (χ0n) is 10.4. The van der Waals surface area contributed by atoms with E-state index in [0.29, 0.717) is 0 Å². The van der Waals surface area contributed by atoms with Gasteiger partial charge in [0.1, 0.15) is 5.82 Å². The highest BCUT2D eigenvalue weighted by atomic mass is 79.9. The lowest BCUT2D eigenvalue weighted by molar-refractivity contribution is -0.123. The predicted octanol–water partition coefficient (Wildman–Crippen LogP) is 2.02. The van der Waals surface area contributed by atoms with Crippen LogP contribution >= 0.6 is 15.9 Å². The monoisotopic (exact) mass is 347 g/mol. The molecule has 0 unspecified atom stereocenters. The van der Waals surface area contributed by atoms with Gasteiger partial charge in [-0.05, 0) is 41.1 Å². The van der Waals surface area contributed by atoms with Crippen molar-refractivity contribution in [3.63, 3.8) is 0 Å². The maximum Gasteiger partial charge on any atom is 0.413 e. The molecule has 1 aromatic carbocycles. The van der Waals surface area contributed by atoms with Crippen LogP contribution in [0.3, 0.4) is 0 Å². The van der Waals surface area contributed by atoms with Crippen molar-refractivity contribution in [1.82, 2.24) is 5.32 Å². The van der Waals surface area contributed by atoms with E-state index in [4.69, 9.17) is 0 Å². The molecule has 0 heterocycles. The molecule has 0 aliphatic rings. The summed E-state index contributed by atoms with van der Waals surface area (Å²) in [6.07, 6.45) is -0.920. The topological polar surface area (TPSA) is 81.7 Å². The van der Waals surface area contributed by atoms with Crippen molar-refractivity contribution in [2.45, 2.75) is 6.92 Å². The van der Waals surface area contributed by atoms with Crippen molar-refractivity contribution >= 4 is 33.9 Å². The highest BCUT2D eigenvalue weighted by Crippen LogP contribution is 2.18. The minimum absolute atomic E-state index is 0.0651. The highest BCUT2D eigenvalue weighted by Gasteiger charge is 2.15. The van der Waals surface area contributed by atoms with Gasteiger partial charge in [-0.25, -0.2) is 14.0 Å². The van der Waals surface area contributed by atoms with Crippen LogP contribution in [0, 0.1) is 5.82 Å². The minimum atomic E-state index is -0.920. The molecule has 0 spiro atoms. The van der Waals surface area contributed by atoms with E-state index in [2.05, 4.69) is 25.4 Å². The second-order valence-electron chi connectivity index (χ2n) is 3.47. The summed E-state index contributed by atoms with van der Waals surface area (Å²) < 4.78 is 22.2. The number of nitrogens with one attached hydrogen (secondary N) is 1. The van der Waals surface area contributed by atoms with E-state index in [0.717, 1.165) is 12.1 Å². The summed E-state index contributed by atoms with van der Waals surface area (Å²) in [5.74, 6) is -2.17. The number of rotatable bonds is 4. The molecule has 0 radical (unpaired) electrons. The van der Waals surface area contributed by atoms with Crippen LogP contribution in [0.2, 0.25) is 0 Å². The summed E-state index contributed by atoms with van der Waals surface area (Å²) >= 11 is 3.00. The molecule has 0 bridgehead atoms. The molecule has 1 aromatic rings. The normalized spacial score (nSPS) is 9.75. The number of carbonyl (C=O) groups excluding carboxylic acids is 3. The Morgan fingerprint density at radius 2 is 2.00 bits per heavy atom. The number of alkyl carbamates (subject to hydrolysis) is 1. The maximum absolute atomic E-state index is 12.8. The lowest BCUT2D eigenvalue weighted by Crippen LogP contribution is -2.34. The van der Waals surface area contributed by atoms with Crippen LogP contribution in [0.15, 0.2) is 22.7 Å². The van der Waals surface area contributed by atoms with E-state index in [1.165, 1.54) is 6.07 Å². The van der Waals surface area contributed by atoms with E-state index >= 15 is 0 Å². The average molecular weight is 348 g/mol. The summed E-state index contributed by atoms with van der Waals surface area (Å²) in [6, 6.07) is 3.39. The van der Waals surface area contributed by atoms with Gasteiger partial charge >= 0.3 is 12.1 Å². The first kappa shape index (κ1) is 16.1. The summed E-state index contributed by atoms with van der Waals surface area (Å²) in [4.78, 5) is 33.8. The zero-order chi connectivity index (χ0) is 15.1. The molecular formula is C12H11BrFNO5. The first-order chi connectivity index (χ1) is 9.43. The Labute approximate surface area is 122 Å². The van der Waals surface area contributed by atoms with Crippen LogP contribution in [0.25, 0.3) is 0 Å². The SMILES string of the molecule is CCOC(=O)NC(=O)COC(=O)c1ccc(F)cc1Br. The van der Waals surface area contributed by atoms with Crippen molar-refractivity contribution in [3.05, 3.63) is 34.1 Å². The first-order valence-electron chi connectivity index (χ1n) is 5.52. The number of carbonyl (C=O) groups is 3. The van der Waals surface area contributed by atoms with Gasteiger partial charge in [-0.2, -0.15) is 0 Å². The third kappa shape index (κ3) is 4.96. The van der Waals surface area contributed by atoms with Crippen LogP contribution in [0.1, 0.15) is 17.3 Å². The number of benzene rings is 1. The molecule has 0 atom stereocenters. The summed E-state index contributed by atoms with van der Waals surface area (Å²) in [5, 5.41) is 1.86. The summed E-state index contributed by atoms with van der Waals surface area (Å²) in [6.45, 7) is 1.04. The van der Waals surface area contributed by atoms with Crippen molar-refractivity contribution in [2.75, 3.05) is 13.2 Å². The van der Waals surface area contributed by atoms with Gasteiger partial charge in [-0.3, -0.25) is 10.1 Å². The molecular weight excluding hydrogens is 337 g/mol. The third-order valence-electron chi connectivity index (χ3n) is 2.00. The molecule has 1 rings (SSSR count). The van der Waals surface area contributed by atoms with Gasteiger partial charge in [0.15, 0.2) is 6.61 Å². The molecule has 6 nitrogen and oxygen atoms in total. The molecule has 2 amide bonds. The van der Waals surface area contributed by atoms with Gasteiger partial charge in [-0.1, -0.05) is 0 Å². The molecule has 0 aliphatic heterocycles.